The number of thiocarbonyl (C=S) groups is 1. The van der Waals surface area contributed by atoms with E-state index in [4.69, 9.17) is 12.2 Å². The van der Waals surface area contributed by atoms with Gasteiger partial charge in [-0.15, -0.1) is 0 Å². The Balaban J connectivity index is 2.06. The standard InChI is InChI=1S/C12H23N3OS/c1-10(2)9-14-12(17)13-6-5-11(16)15-7-3-4-8-15/h10H,3-9H2,1-2H3,(H2,13,14,17). The molecule has 1 heterocycles. The zero-order valence-electron chi connectivity index (χ0n) is 10.8. The summed E-state index contributed by atoms with van der Waals surface area (Å²) < 4.78 is 0. The van der Waals surface area contributed by atoms with E-state index in [2.05, 4.69) is 24.5 Å². The molecule has 5 heteroatoms. The van der Waals surface area contributed by atoms with Crippen LogP contribution in [-0.4, -0.2) is 42.1 Å². The molecule has 17 heavy (non-hydrogen) atoms. The summed E-state index contributed by atoms with van der Waals surface area (Å²) in [6.45, 7) is 7.61. The number of hydrogen-bond donors (Lipinski definition) is 2. The van der Waals surface area contributed by atoms with E-state index in [9.17, 15) is 4.79 Å². The molecule has 0 unspecified atom stereocenters. The van der Waals surface area contributed by atoms with E-state index in [1.54, 1.807) is 0 Å². The third-order valence-corrected chi connectivity index (χ3v) is 3.04. The Morgan fingerprint density at radius 2 is 1.94 bits per heavy atom. The molecule has 98 valence electrons. The fourth-order valence-corrected chi connectivity index (χ4v) is 1.95. The van der Waals surface area contributed by atoms with Gasteiger partial charge in [0.05, 0.1) is 0 Å². The molecule has 0 atom stereocenters. The maximum absolute atomic E-state index is 11.7. The molecule has 0 aliphatic carbocycles. The molecule has 1 aliphatic rings. The van der Waals surface area contributed by atoms with Gasteiger partial charge in [0.2, 0.25) is 5.91 Å². The Hall–Kier alpha value is -0.840. The van der Waals surface area contributed by atoms with Gasteiger partial charge in [-0.1, -0.05) is 13.8 Å². The van der Waals surface area contributed by atoms with Gasteiger partial charge < -0.3 is 15.5 Å². The van der Waals surface area contributed by atoms with Crippen LogP contribution in [0.15, 0.2) is 0 Å². The minimum Gasteiger partial charge on any atom is -0.362 e. The average molecular weight is 257 g/mol. The van der Waals surface area contributed by atoms with Crippen molar-refractivity contribution < 1.29 is 4.79 Å². The van der Waals surface area contributed by atoms with E-state index >= 15 is 0 Å². The maximum atomic E-state index is 11.7. The summed E-state index contributed by atoms with van der Waals surface area (Å²) in [5.74, 6) is 0.808. The molecule has 1 fully saturated rings. The largest absolute Gasteiger partial charge is 0.362 e. The predicted molar refractivity (Wildman–Crippen MR) is 73.9 cm³/mol. The van der Waals surface area contributed by atoms with E-state index in [-0.39, 0.29) is 5.91 Å². The molecular formula is C12H23N3OS. The molecule has 1 amide bonds. The first-order valence-electron chi connectivity index (χ1n) is 6.39. The lowest BCUT2D eigenvalue weighted by Crippen LogP contribution is -2.39. The van der Waals surface area contributed by atoms with E-state index < -0.39 is 0 Å². The van der Waals surface area contributed by atoms with Gasteiger partial charge in [-0.2, -0.15) is 0 Å². The van der Waals surface area contributed by atoms with Gasteiger partial charge in [-0.25, -0.2) is 0 Å². The molecule has 2 N–H and O–H groups in total. The summed E-state index contributed by atoms with van der Waals surface area (Å²) in [6, 6.07) is 0. The quantitative estimate of drug-likeness (QED) is 0.725. The fourth-order valence-electron chi connectivity index (χ4n) is 1.77. The van der Waals surface area contributed by atoms with Crippen molar-refractivity contribution in [2.45, 2.75) is 33.1 Å². The SMILES string of the molecule is CC(C)CNC(=S)NCCC(=O)N1CCCC1. The van der Waals surface area contributed by atoms with E-state index in [1.807, 2.05) is 4.90 Å². The smallest absolute Gasteiger partial charge is 0.224 e. The Bertz CT molecular complexity index is 262. The summed E-state index contributed by atoms with van der Waals surface area (Å²) >= 11 is 5.11. The lowest BCUT2D eigenvalue weighted by Gasteiger charge is -2.16. The molecule has 0 radical (unpaired) electrons. The predicted octanol–water partition coefficient (Wildman–Crippen LogP) is 1.12. The molecule has 1 aliphatic heterocycles. The van der Waals surface area contributed by atoms with Crippen molar-refractivity contribution in [3.05, 3.63) is 0 Å². The lowest BCUT2D eigenvalue weighted by atomic mass is 10.2. The van der Waals surface area contributed by atoms with Crippen LogP contribution in [0.2, 0.25) is 0 Å². The number of rotatable bonds is 5. The zero-order chi connectivity index (χ0) is 12.7. The number of nitrogens with zero attached hydrogens (tertiary/aromatic N) is 1. The second-order valence-corrected chi connectivity index (χ2v) is 5.28. The summed E-state index contributed by atoms with van der Waals surface area (Å²) in [7, 11) is 0. The highest BCUT2D eigenvalue weighted by atomic mass is 32.1. The molecular weight excluding hydrogens is 234 g/mol. The average Bonchev–Trinajstić information content (AvgIpc) is 2.79. The van der Waals surface area contributed by atoms with Crippen LogP contribution in [0.1, 0.15) is 33.1 Å². The first-order chi connectivity index (χ1) is 8.09. The number of likely N-dealkylation sites (tertiary alicyclic amines) is 1. The van der Waals surface area contributed by atoms with Gasteiger partial charge in [0.25, 0.3) is 0 Å². The minimum absolute atomic E-state index is 0.238. The summed E-state index contributed by atoms with van der Waals surface area (Å²) in [6.07, 6.45) is 2.82. The zero-order valence-corrected chi connectivity index (χ0v) is 11.6. The number of hydrogen-bond acceptors (Lipinski definition) is 2. The lowest BCUT2D eigenvalue weighted by molar-refractivity contribution is -0.129. The van der Waals surface area contributed by atoms with Crippen molar-refractivity contribution in [3.8, 4) is 0 Å². The number of nitrogens with one attached hydrogen (secondary N) is 2. The highest BCUT2D eigenvalue weighted by Gasteiger charge is 2.16. The number of carbonyl (C=O) groups is 1. The molecule has 1 rings (SSSR count). The van der Waals surface area contributed by atoms with Crippen molar-refractivity contribution in [3.63, 3.8) is 0 Å². The van der Waals surface area contributed by atoms with Crippen LogP contribution >= 0.6 is 12.2 Å². The van der Waals surface area contributed by atoms with E-state index in [0.717, 1.165) is 32.5 Å². The monoisotopic (exact) mass is 257 g/mol. The summed E-state index contributed by atoms with van der Waals surface area (Å²) in [4.78, 5) is 13.7. The Morgan fingerprint density at radius 1 is 1.29 bits per heavy atom. The molecule has 0 bridgehead atoms. The van der Waals surface area contributed by atoms with Crippen molar-refractivity contribution in [2.24, 2.45) is 5.92 Å². The van der Waals surface area contributed by atoms with Crippen LogP contribution in [0.4, 0.5) is 0 Å². The van der Waals surface area contributed by atoms with Gasteiger partial charge in [0.1, 0.15) is 0 Å². The molecule has 0 aromatic heterocycles. The highest BCUT2D eigenvalue weighted by Crippen LogP contribution is 2.08. The van der Waals surface area contributed by atoms with Crippen LogP contribution in [0.3, 0.4) is 0 Å². The Labute approximate surface area is 109 Å². The fraction of sp³-hybridized carbons (Fsp3) is 0.833. The summed E-state index contributed by atoms with van der Waals surface area (Å²) in [5, 5.41) is 6.83. The second kappa shape index (κ2) is 7.48. The van der Waals surface area contributed by atoms with Crippen LogP contribution in [0.5, 0.6) is 0 Å². The topological polar surface area (TPSA) is 44.4 Å². The molecule has 4 nitrogen and oxygen atoms in total. The van der Waals surface area contributed by atoms with Gasteiger partial charge in [-0.3, -0.25) is 4.79 Å². The maximum Gasteiger partial charge on any atom is 0.224 e. The van der Waals surface area contributed by atoms with Crippen molar-refractivity contribution in [2.75, 3.05) is 26.2 Å². The Kier molecular flexibility index (Phi) is 6.26. The summed E-state index contributed by atoms with van der Waals surface area (Å²) in [5.41, 5.74) is 0. The third-order valence-electron chi connectivity index (χ3n) is 2.75. The Morgan fingerprint density at radius 3 is 2.53 bits per heavy atom. The number of amides is 1. The first kappa shape index (κ1) is 14.2. The third kappa shape index (κ3) is 5.86. The molecule has 1 saturated heterocycles. The molecule has 0 aromatic rings. The van der Waals surface area contributed by atoms with Crippen molar-refractivity contribution >= 4 is 23.2 Å². The normalized spacial score (nSPS) is 15.1. The van der Waals surface area contributed by atoms with Crippen LogP contribution in [0, 0.1) is 5.92 Å². The van der Waals surface area contributed by atoms with Crippen molar-refractivity contribution in [1.29, 1.82) is 0 Å². The van der Waals surface area contributed by atoms with Gasteiger partial charge >= 0.3 is 0 Å². The van der Waals surface area contributed by atoms with Gasteiger partial charge in [0, 0.05) is 32.6 Å². The molecule has 0 spiro atoms. The highest BCUT2D eigenvalue weighted by molar-refractivity contribution is 7.80. The van der Waals surface area contributed by atoms with Gasteiger partial charge in [-0.05, 0) is 31.0 Å². The van der Waals surface area contributed by atoms with E-state index in [1.165, 1.54) is 0 Å². The molecule has 0 saturated carbocycles. The second-order valence-electron chi connectivity index (χ2n) is 4.87. The van der Waals surface area contributed by atoms with Crippen molar-refractivity contribution in [1.82, 2.24) is 15.5 Å². The van der Waals surface area contributed by atoms with Crippen LogP contribution < -0.4 is 10.6 Å². The van der Waals surface area contributed by atoms with E-state index in [0.29, 0.717) is 24.0 Å². The number of carbonyl (C=O) groups excluding carboxylic acids is 1. The van der Waals surface area contributed by atoms with Gasteiger partial charge in [0.15, 0.2) is 5.11 Å². The van der Waals surface area contributed by atoms with Crippen LogP contribution in [0.25, 0.3) is 0 Å². The molecule has 0 aromatic carbocycles. The van der Waals surface area contributed by atoms with Crippen LogP contribution in [-0.2, 0) is 4.79 Å². The minimum atomic E-state index is 0.238. The first-order valence-corrected chi connectivity index (χ1v) is 6.80.